The molecule has 0 radical (unpaired) electrons. The lowest BCUT2D eigenvalue weighted by Crippen LogP contribution is -2.48. The molecule has 0 aliphatic carbocycles. The number of nitrogens with zero attached hydrogens (tertiary/aromatic N) is 1. The Labute approximate surface area is 142 Å². The zero-order chi connectivity index (χ0) is 17.3. The number of hydrogen-bond acceptors (Lipinski definition) is 4. The Hall–Kier alpha value is -1.66. The summed E-state index contributed by atoms with van der Waals surface area (Å²) in [6, 6.07) is 4.65. The van der Waals surface area contributed by atoms with E-state index >= 15 is 0 Å². The maximum atomic E-state index is 14.0. The number of rotatable bonds is 4. The van der Waals surface area contributed by atoms with E-state index in [1.165, 1.54) is 19.2 Å². The van der Waals surface area contributed by atoms with E-state index in [1.807, 2.05) is 0 Å². The minimum absolute atomic E-state index is 0.0264. The fourth-order valence-corrected chi connectivity index (χ4v) is 3.48. The molecule has 2 aliphatic rings. The van der Waals surface area contributed by atoms with Crippen LogP contribution >= 0.6 is 0 Å². The van der Waals surface area contributed by atoms with Crippen LogP contribution in [0.4, 0.5) is 4.39 Å². The molecule has 2 heterocycles. The van der Waals surface area contributed by atoms with Gasteiger partial charge in [0.2, 0.25) is 0 Å². The highest BCUT2D eigenvalue weighted by molar-refractivity contribution is 5.94. The van der Waals surface area contributed by atoms with Crippen LogP contribution in [0.2, 0.25) is 0 Å². The molecule has 1 aromatic rings. The van der Waals surface area contributed by atoms with Crippen LogP contribution in [0.3, 0.4) is 0 Å². The Morgan fingerprint density at radius 2 is 2.21 bits per heavy atom. The van der Waals surface area contributed by atoms with E-state index in [1.54, 1.807) is 6.07 Å². The Kier molecular flexibility index (Phi) is 5.06. The van der Waals surface area contributed by atoms with Crippen molar-refractivity contribution in [2.75, 3.05) is 26.8 Å². The van der Waals surface area contributed by atoms with Crippen LogP contribution in [0.25, 0.3) is 0 Å². The molecule has 0 saturated carbocycles. The predicted octanol–water partition coefficient (Wildman–Crippen LogP) is 2.06. The highest BCUT2D eigenvalue weighted by Gasteiger charge is 2.38. The van der Waals surface area contributed by atoms with E-state index in [0.29, 0.717) is 24.3 Å². The highest BCUT2D eigenvalue weighted by atomic mass is 19.1. The van der Waals surface area contributed by atoms with Crippen molar-refractivity contribution >= 4 is 5.91 Å². The molecule has 0 bridgehead atoms. The van der Waals surface area contributed by atoms with Crippen LogP contribution in [0.15, 0.2) is 18.2 Å². The number of methoxy groups -OCH3 is 1. The second-order valence-corrected chi connectivity index (χ2v) is 6.98. The number of halogens is 1. The second kappa shape index (κ2) is 7.07. The first-order valence-electron chi connectivity index (χ1n) is 8.48. The Morgan fingerprint density at radius 3 is 2.88 bits per heavy atom. The summed E-state index contributed by atoms with van der Waals surface area (Å²) in [5.74, 6) is -0.0565. The summed E-state index contributed by atoms with van der Waals surface area (Å²) in [7, 11) is 1.47. The number of carbonyl (C=O) groups excluding carboxylic acids is 1. The van der Waals surface area contributed by atoms with Gasteiger partial charge in [-0.05, 0) is 24.5 Å². The van der Waals surface area contributed by atoms with Gasteiger partial charge < -0.3 is 14.8 Å². The quantitative estimate of drug-likeness (QED) is 0.914. The summed E-state index contributed by atoms with van der Waals surface area (Å²) >= 11 is 0. The van der Waals surface area contributed by atoms with Crippen molar-refractivity contribution < 1.29 is 18.7 Å². The minimum Gasteiger partial charge on any atom is -0.497 e. The molecule has 2 aliphatic heterocycles. The molecule has 132 valence electrons. The van der Waals surface area contributed by atoms with Crippen LogP contribution < -0.4 is 10.1 Å². The molecule has 3 atom stereocenters. The second-order valence-electron chi connectivity index (χ2n) is 6.98. The number of amides is 1. The van der Waals surface area contributed by atoms with Crippen LogP contribution in [-0.2, 0) is 4.74 Å². The van der Waals surface area contributed by atoms with Gasteiger partial charge in [-0.2, -0.15) is 0 Å². The van der Waals surface area contributed by atoms with Crippen LogP contribution in [-0.4, -0.2) is 55.8 Å². The van der Waals surface area contributed by atoms with Crippen LogP contribution in [0.1, 0.15) is 30.6 Å². The van der Waals surface area contributed by atoms with E-state index in [0.717, 1.165) is 19.5 Å². The van der Waals surface area contributed by atoms with Crippen molar-refractivity contribution in [3.05, 3.63) is 29.6 Å². The molecular formula is C18H25FN2O3. The van der Waals surface area contributed by atoms with Crippen molar-refractivity contribution in [1.29, 1.82) is 0 Å². The SMILES string of the molecule is COc1ccc(C(=O)N[C@@H]2C[C@H]3CO[C@@H](C(C)C)CN3C2)c(F)c1. The minimum atomic E-state index is -0.564. The Balaban J connectivity index is 1.60. The fraction of sp³-hybridized carbons (Fsp3) is 0.611. The normalized spacial score (nSPS) is 27.1. The van der Waals surface area contributed by atoms with Gasteiger partial charge in [-0.25, -0.2) is 4.39 Å². The Morgan fingerprint density at radius 1 is 1.42 bits per heavy atom. The molecule has 3 rings (SSSR count). The van der Waals surface area contributed by atoms with Gasteiger partial charge in [0.05, 0.1) is 25.4 Å². The molecule has 0 spiro atoms. The largest absolute Gasteiger partial charge is 0.497 e. The monoisotopic (exact) mass is 336 g/mol. The van der Waals surface area contributed by atoms with Crippen molar-refractivity contribution in [2.45, 2.75) is 38.5 Å². The fourth-order valence-electron chi connectivity index (χ4n) is 3.48. The summed E-state index contributed by atoms with van der Waals surface area (Å²) in [4.78, 5) is 14.7. The maximum absolute atomic E-state index is 14.0. The lowest BCUT2D eigenvalue weighted by molar-refractivity contribution is -0.0683. The first-order valence-corrected chi connectivity index (χ1v) is 8.48. The average Bonchev–Trinajstić information content (AvgIpc) is 2.95. The van der Waals surface area contributed by atoms with Crippen molar-refractivity contribution in [3.63, 3.8) is 0 Å². The zero-order valence-electron chi connectivity index (χ0n) is 14.4. The number of morpholine rings is 1. The average molecular weight is 336 g/mol. The molecule has 0 unspecified atom stereocenters. The van der Waals surface area contributed by atoms with Gasteiger partial charge in [-0.1, -0.05) is 13.8 Å². The molecular weight excluding hydrogens is 311 g/mol. The topological polar surface area (TPSA) is 50.8 Å². The number of fused-ring (bicyclic) bond motifs is 1. The summed E-state index contributed by atoms with van der Waals surface area (Å²) in [6.07, 6.45) is 1.09. The van der Waals surface area contributed by atoms with E-state index < -0.39 is 5.82 Å². The summed E-state index contributed by atoms with van der Waals surface area (Å²) < 4.78 is 24.9. The van der Waals surface area contributed by atoms with Crippen molar-refractivity contribution in [1.82, 2.24) is 10.2 Å². The molecule has 1 N–H and O–H groups in total. The first kappa shape index (κ1) is 17.2. The number of benzene rings is 1. The zero-order valence-corrected chi connectivity index (χ0v) is 14.4. The summed E-state index contributed by atoms with van der Waals surface area (Å²) in [6.45, 7) is 6.71. The molecule has 2 fully saturated rings. The van der Waals surface area contributed by atoms with Gasteiger partial charge in [-0.15, -0.1) is 0 Å². The first-order chi connectivity index (χ1) is 11.5. The van der Waals surface area contributed by atoms with Crippen LogP contribution in [0.5, 0.6) is 5.75 Å². The van der Waals surface area contributed by atoms with Gasteiger partial charge >= 0.3 is 0 Å². The maximum Gasteiger partial charge on any atom is 0.254 e. The van der Waals surface area contributed by atoms with E-state index in [-0.39, 0.29) is 23.6 Å². The smallest absolute Gasteiger partial charge is 0.254 e. The van der Waals surface area contributed by atoms with Gasteiger partial charge in [0.25, 0.3) is 5.91 Å². The Bertz CT molecular complexity index is 608. The number of ether oxygens (including phenoxy) is 2. The standard InChI is InChI=1S/C18H25FN2O3/c1-11(2)17-9-21-8-12(6-13(21)10-24-17)20-18(22)15-5-4-14(23-3)7-16(15)19/h4-5,7,11-13,17H,6,8-10H2,1-3H3,(H,20,22)/t12-,13+,17-/m1/s1. The van der Waals surface area contributed by atoms with E-state index in [9.17, 15) is 9.18 Å². The third-order valence-corrected chi connectivity index (χ3v) is 4.94. The molecule has 2 saturated heterocycles. The predicted molar refractivity (Wildman–Crippen MR) is 88.8 cm³/mol. The van der Waals surface area contributed by atoms with E-state index in [4.69, 9.17) is 9.47 Å². The third kappa shape index (κ3) is 3.54. The molecule has 1 aromatic carbocycles. The highest BCUT2D eigenvalue weighted by Crippen LogP contribution is 2.26. The lowest BCUT2D eigenvalue weighted by atomic mass is 10.0. The van der Waals surface area contributed by atoms with Gasteiger partial charge in [-0.3, -0.25) is 9.69 Å². The third-order valence-electron chi connectivity index (χ3n) is 4.94. The van der Waals surface area contributed by atoms with Crippen molar-refractivity contribution in [3.8, 4) is 5.75 Å². The van der Waals surface area contributed by atoms with E-state index in [2.05, 4.69) is 24.1 Å². The molecule has 5 nitrogen and oxygen atoms in total. The summed E-state index contributed by atoms with van der Waals surface area (Å²) in [5, 5.41) is 2.96. The van der Waals surface area contributed by atoms with Crippen molar-refractivity contribution in [2.24, 2.45) is 5.92 Å². The molecule has 6 heteroatoms. The number of hydrogen-bond donors (Lipinski definition) is 1. The molecule has 24 heavy (non-hydrogen) atoms. The molecule has 0 aromatic heterocycles. The summed E-state index contributed by atoms with van der Waals surface area (Å²) in [5.41, 5.74) is 0.0528. The number of carbonyl (C=O) groups is 1. The number of nitrogens with one attached hydrogen (secondary N) is 1. The van der Waals surface area contributed by atoms with Gasteiger partial charge in [0, 0.05) is 31.2 Å². The molecule has 1 amide bonds. The lowest BCUT2D eigenvalue weighted by Gasteiger charge is -2.36. The van der Waals surface area contributed by atoms with Crippen LogP contribution in [0, 0.1) is 11.7 Å². The van der Waals surface area contributed by atoms with Gasteiger partial charge in [0.1, 0.15) is 11.6 Å². The van der Waals surface area contributed by atoms with Gasteiger partial charge in [0.15, 0.2) is 0 Å².